The first-order valence-electron chi connectivity index (χ1n) is 10.8. The summed E-state index contributed by atoms with van der Waals surface area (Å²) in [6.45, 7) is 4.69. The van der Waals surface area contributed by atoms with Crippen molar-refractivity contribution in [3.05, 3.63) is 35.9 Å². The van der Waals surface area contributed by atoms with Gasteiger partial charge in [0.05, 0.1) is 18.6 Å². The highest BCUT2D eigenvalue weighted by Gasteiger charge is 2.52. The molecule has 0 saturated carbocycles. The molecular formula is C23H30N2O3. The molecule has 0 aromatic heterocycles. The summed E-state index contributed by atoms with van der Waals surface area (Å²) in [5, 5.41) is 0. The van der Waals surface area contributed by atoms with Gasteiger partial charge in [-0.2, -0.15) is 0 Å². The fraction of sp³-hybridized carbons (Fsp3) is 0.652. The molecule has 28 heavy (non-hydrogen) atoms. The summed E-state index contributed by atoms with van der Waals surface area (Å²) in [7, 11) is 0. The Morgan fingerprint density at radius 2 is 1.93 bits per heavy atom. The lowest BCUT2D eigenvalue weighted by Gasteiger charge is -2.57. The summed E-state index contributed by atoms with van der Waals surface area (Å²) in [6.07, 6.45) is 4.78. The monoisotopic (exact) mass is 382 g/mol. The molecule has 5 rings (SSSR count). The van der Waals surface area contributed by atoms with Crippen molar-refractivity contribution in [1.29, 1.82) is 0 Å². The zero-order chi connectivity index (χ0) is 19.3. The van der Waals surface area contributed by atoms with E-state index in [1.807, 2.05) is 13.0 Å². The van der Waals surface area contributed by atoms with Crippen molar-refractivity contribution < 1.29 is 14.3 Å². The summed E-state index contributed by atoms with van der Waals surface area (Å²) >= 11 is 0. The van der Waals surface area contributed by atoms with Crippen molar-refractivity contribution in [3.63, 3.8) is 0 Å². The maximum absolute atomic E-state index is 13.2. The van der Waals surface area contributed by atoms with Crippen LogP contribution in [0.15, 0.2) is 30.3 Å². The number of amides is 2. The molecule has 4 atom stereocenters. The number of benzene rings is 1. The zero-order valence-corrected chi connectivity index (χ0v) is 16.7. The molecule has 0 N–H and O–H groups in total. The molecule has 4 aliphatic rings. The van der Waals surface area contributed by atoms with Gasteiger partial charge in [0, 0.05) is 31.6 Å². The van der Waals surface area contributed by atoms with Gasteiger partial charge in [0.25, 0.3) is 0 Å². The van der Waals surface area contributed by atoms with Crippen LogP contribution < -0.4 is 0 Å². The molecule has 5 heteroatoms. The quantitative estimate of drug-likeness (QED) is 0.807. The van der Waals surface area contributed by atoms with Crippen molar-refractivity contribution in [2.75, 3.05) is 26.3 Å². The highest BCUT2D eigenvalue weighted by Crippen LogP contribution is 2.43. The number of piperidine rings is 3. The number of hydrogen-bond acceptors (Lipinski definition) is 3. The molecule has 0 unspecified atom stereocenters. The van der Waals surface area contributed by atoms with E-state index < -0.39 is 0 Å². The second-order valence-electron chi connectivity index (χ2n) is 9.54. The van der Waals surface area contributed by atoms with Gasteiger partial charge < -0.3 is 14.5 Å². The van der Waals surface area contributed by atoms with E-state index in [9.17, 15) is 9.59 Å². The summed E-state index contributed by atoms with van der Waals surface area (Å²) in [4.78, 5) is 30.5. The van der Waals surface area contributed by atoms with Crippen LogP contribution in [0, 0.1) is 17.3 Å². The van der Waals surface area contributed by atoms with E-state index in [-0.39, 0.29) is 17.4 Å². The van der Waals surface area contributed by atoms with E-state index in [1.54, 1.807) is 0 Å². The van der Waals surface area contributed by atoms with Gasteiger partial charge in [0.2, 0.25) is 11.8 Å². The van der Waals surface area contributed by atoms with Crippen LogP contribution in [0.2, 0.25) is 0 Å². The minimum Gasteiger partial charge on any atom is -0.379 e. The lowest BCUT2D eigenvalue weighted by molar-refractivity contribution is -0.177. The Hall–Kier alpha value is -1.88. The van der Waals surface area contributed by atoms with Crippen molar-refractivity contribution >= 4 is 11.8 Å². The molecule has 0 aliphatic carbocycles. The molecule has 5 nitrogen and oxygen atoms in total. The van der Waals surface area contributed by atoms with E-state index in [0.29, 0.717) is 43.4 Å². The van der Waals surface area contributed by atoms with Crippen LogP contribution >= 0.6 is 0 Å². The number of ether oxygens (including phenoxy) is 1. The summed E-state index contributed by atoms with van der Waals surface area (Å²) in [5.74, 6) is 1.36. The fourth-order valence-corrected chi connectivity index (χ4v) is 5.97. The third-order valence-electron chi connectivity index (χ3n) is 7.43. The zero-order valence-electron chi connectivity index (χ0n) is 16.7. The van der Waals surface area contributed by atoms with Gasteiger partial charge >= 0.3 is 0 Å². The number of nitrogens with zero attached hydrogens (tertiary/aromatic N) is 2. The van der Waals surface area contributed by atoms with Gasteiger partial charge in [0.1, 0.15) is 0 Å². The minimum atomic E-state index is -0.345. The van der Waals surface area contributed by atoms with Gasteiger partial charge in [-0.05, 0) is 50.0 Å². The van der Waals surface area contributed by atoms with Crippen molar-refractivity contribution in [3.8, 4) is 0 Å². The lowest BCUT2D eigenvalue weighted by Crippen LogP contribution is -2.67. The van der Waals surface area contributed by atoms with Crippen molar-refractivity contribution in [2.24, 2.45) is 17.3 Å². The van der Waals surface area contributed by atoms with E-state index in [2.05, 4.69) is 34.1 Å². The number of hydrogen-bond donors (Lipinski definition) is 0. The van der Waals surface area contributed by atoms with Crippen molar-refractivity contribution in [1.82, 2.24) is 9.80 Å². The predicted molar refractivity (Wildman–Crippen MR) is 106 cm³/mol. The first-order chi connectivity index (χ1) is 13.5. The molecule has 0 spiro atoms. The van der Waals surface area contributed by atoms with E-state index in [4.69, 9.17) is 4.74 Å². The van der Waals surface area contributed by atoms with Crippen LogP contribution in [0.5, 0.6) is 0 Å². The third-order valence-corrected chi connectivity index (χ3v) is 7.43. The van der Waals surface area contributed by atoms with Crippen LogP contribution in [0.1, 0.15) is 38.2 Å². The van der Waals surface area contributed by atoms with E-state index in [1.165, 1.54) is 5.56 Å². The topological polar surface area (TPSA) is 49.9 Å². The molecule has 4 aliphatic heterocycles. The molecule has 1 aromatic carbocycles. The summed E-state index contributed by atoms with van der Waals surface area (Å²) in [6, 6.07) is 11.0. The Morgan fingerprint density at radius 1 is 1.18 bits per heavy atom. The van der Waals surface area contributed by atoms with Crippen LogP contribution in [0.4, 0.5) is 0 Å². The Balaban J connectivity index is 1.43. The number of rotatable bonds is 3. The predicted octanol–water partition coefficient (Wildman–Crippen LogP) is 2.49. The van der Waals surface area contributed by atoms with Gasteiger partial charge in [-0.15, -0.1) is 0 Å². The smallest absolute Gasteiger partial charge is 0.233 e. The molecule has 0 radical (unpaired) electrons. The molecule has 4 saturated heterocycles. The average molecular weight is 383 g/mol. The molecule has 4 fully saturated rings. The van der Waals surface area contributed by atoms with Crippen LogP contribution in [-0.4, -0.2) is 60.0 Å². The number of carbonyl (C=O) groups is 2. The molecular weight excluding hydrogens is 352 g/mol. The van der Waals surface area contributed by atoms with Crippen molar-refractivity contribution in [2.45, 2.75) is 51.1 Å². The van der Waals surface area contributed by atoms with E-state index >= 15 is 0 Å². The first kappa shape index (κ1) is 18.2. The Kier molecular flexibility index (Phi) is 4.46. The Labute approximate surface area is 167 Å². The SMILES string of the molecule is CC1(C(=O)N2C[C@H]3C[C@@H](C2)[C@H](Cc2ccccc2)N2C(=O)CCC[C@@H]32)COC1. The maximum Gasteiger partial charge on any atom is 0.233 e. The van der Waals surface area contributed by atoms with Crippen LogP contribution in [-0.2, 0) is 20.7 Å². The van der Waals surface area contributed by atoms with Gasteiger partial charge in [-0.25, -0.2) is 0 Å². The second-order valence-corrected chi connectivity index (χ2v) is 9.54. The first-order valence-corrected chi connectivity index (χ1v) is 10.8. The summed E-state index contributed by atoms with van der Waals surface area (Å²) < 4.78 is 5.34. The minimum absolute atomic E-state index is 0.206. The molecule has 1 aromatic rings. The standard InChI is InChI=1S/C23H30N2O3/c1-23(14-28-15-23)22(27)24-12-17-11-18(13-24)20(10-16-6-3-2-4-7-16)25-19(17)8-5-9-21(25)26/h2-4,6-7,17-20H,5,8-15H2,1H3/t17-,18+,19+,20+/m1/s1. The fourth-order valence-electron chi connectivity index (χ4n) is 5.97. The maximum atomic E-state index is 13.2. The number of likely N-dealkylation sites (tertiary alicyclic amines) is 1. The molecule has 2 bridgehead atoms. The normalized spacial score (nSPS) is 33.8. The third kappa shape index (κ3) is 2.95. The lowest BCUT2D eigenvalue weighted by atomic mass is 9.70. The van der Waals surface area contributed by atoms with E-state index in [0.717, 1.165) is 38.8 Å². The van der Waals surface area contributed by atoms with Gasteiger partial charge in [-0.1, -0.05) is 30.3 Å². The van der Waals surface area contributed by atoms with Crippen LogP contribution in [0.25, 0.3) is 0 Å². The Morgan fingerprint density at radius 3 is 2.64 bits per heavy atom. The van der Waals surface area contributed by atoms with Crippen LogP contribution in [0.3, 0.4) is 0 Å². The molecule has 4 heterocycles. The number of carbonyl (C=O) groups excluding carboxylic acids is 2. The second kappa shape index (κ2) is 6.87. The highest BCUT2D eigenvalue weighted by molar-refractivity contribution is 5.84. The molecule has 2 amide bonds. The van der Waals surface area contributed by atoms with Gasteiger partial charge in [-0.3, -0.25) is 9.59 Å². The van der Waals surface area contributed by atoms with Gasteiger partial charge in [0.15, 0.2) is 0 Å². The molecule has 150 valence electrons. The highest BCUT2D eigenvalue weighted by atomic mass is 16.5. The summed E-state index contributed by atoms with van der Waals surface area (Å²) in [5.41, 5.74) is 0.939. The number of fused-ring (bicyclic) bond motifs is 4. The Bertz CT molecular complexity index is 760. The largest absolute Gasteiger partial charge is 0.379 e. The average Bonchev–Trinajstić information content (AvgIpc) is 2.69.